The molecule has 0 unspecified atom stereocenters. The van der Waals surface area contributed by atoms with E-state index >= 15 is 0 Å². The lowest BCUT2D eigenvalue weighted by molar-refractivity contribution is -0.132. The molecular formula is C19H31NO3. The summed E-state index contributed by atoms with van der Waals surface area (Å²) < 4.78 is 11.3. The minimum Gasteiger partial charge on any atom is -0.467 e. The fourth-order valence-corrected chi connectivity index (χ4v) is 3.98. The van der Waals surface area contributed by atoms with Crippen LogP contribution in [0.3, 0.4) is 0 Å². The molecule has 1 aromatic heterocycles. The van der Waals surface area contributed by atoms with E-state index in [-0.39, 0.29) is 16.9 Å². The average Bonchev–Trinajstić information content (AvgIpc) is 2.95. The average molecular weight is 321 g/mol. The van der Waals surface area contributed by atoms with E-state index in [4.69, 9.17) is 9.15 Å². The van der Waals surface area contributed by atoms with Crippen molar-refractivity contribution in [3.05, 3.63) is 24.2 Å². The summed E-state index contributed by atoms with van der Waals surface area (Å²) in [7, 11) is 0. The van der Waals surface area contributed by atoms with Gasteiger partial charge >= 0.3 is 0 Å². The third-order valence-electron chi connectivity index (χ3n) is 4.99. The van der Waals surface area contributed by atoms with Crippen LogP contribution in [0, 0.1) is 5.41 Å². The molecule has 23 heavy (non-hydrogen) atoms. The zero-order valence-corrected chi connectivity index (χ0v) is 15.1. The number of ether oxygens (including phenoxy) is 1. The van der Waals surface area contributed by atoms with Gasteiger partial charge in [0.2, 0.25) is 5.91 Å². The van der Waals surface area contributed by atoms with E-state index in [9.17, 15) is 4.79 Å². The summed E-state index contributed by atoms with van der Waals surface area (Å²) >= 11 is 0. The zero-order valence-electron chi connectivity index (χ0n) is 15.1. The molecule has 0 aromatic carbocycles. The molecule has 0 bridgehead atoms. The minimum atomic E-state index is -0.0600. The number of amides is 1. The normalized spacial score (nSPS) is 23.7. The zero-order chi connectivity index (χ0) is 16.9. The highest BCUT2D eigenvalue weighted by molar-refractivity contribution is 5.73. The van der Waals surface area contributed by atoms with Gasteiger partial charge in [-0.15, -0.1) is 0 Å². The molecule has 1 atom stereocenters. The SMILES string of the molecule is CCC[C@]1(CCN(Cc2ccco2)C(C)=O)CCOC(C)(C)C1. The summed E-state index contributed by atoms with van der Waals surface area (Å²) in [4.78, 5) is 13.9. The second-order valence-corrected chi connectivity index (χ2v) is 7.55. The first kappa shape index (κ1) is 18.1. The molecule has 2 heterocycles. The number of furan rings is 1. The Hall–Kier alpha value is -1.29. The molecule has 4 heteroatoms. The van der Waals surface area contributed by atoms with Crippen LogP contribution in [0.4, 0.5) is 0 Å². The van der Waals surface area contributed by atoms with Crippen LogP contribution in [0.1, 0.15) is 65.6 Å². The van der Waals surface area contributed by atoms with Crippen molar-refractivity contribution >= 4 is 5.91 Å². The van der Waals surface area contributed by atoms with Crippen LogP contribution in [0.25, 0.3) is 0 Å². The highest BCUT2D eigenvalue weighted by atomic mass is 16.5. The summed E-state index contributed by atoms with van der Waals surface area (Å²) in [5.74, 6) is 0.955. The Bertz CT molecular complexity index is 491. The monoisotopic (exact) mass is 321 g/mol. The van der Waals surface area contributed by atoms with Gasteiger partial charge in [-0.3, -0.25) is 4.79 Å². The highest BCUT2D eigenvalue weighted by Crippen LogP contribution is 2.45. The van der Waals surface area contributed by atoms with E-state index in [1.54, 1.807) is 13.2 Å². The summed E-state index contributed by atoms with van der Waals surface area (Å²) in [6, 6.07) is 3.79. The first-order valence-corrected chi connectivity index (χ1v) is 8.78. The molecule has 2 rings (SSSR count). The van der Waals surface area contributed by atoms with Crippen LogP contribution in [0.5, 0.6) is 0 Å². The lowest BCUT2D eigenvalue weighted by atomic mass is 9.69. The third kappa shape index (κ3) is 5.10. The number of nitrogens with zero attached hydrogens (tertiary/aromatic N) is 1. The van der Waals surface area contributed by atoms with Gasteiger partial charge in [-0.1, -0.05) is 13.3 Å². The van der Waals surface area contributed by atoms with Gasteiger partial charge in [0.1, 0.15) is 5.76 Å². The molecule has 1 saturated heterocycles. The molecule has 4 nitrogen and oxygen atoms in total. The molecule has 0 N–H and O–H groups in total. The summed E-state index contributed by atoms with van der Waals surface area (Å²) in [6.45, 7) is 10.4. The van der Waals surface area contributed by atoms with Crippen molar-refractivity contribution < 1.29 is 13.9 Å². The number of carbonyl (C=O) groups excluding carboxylic acids is 1. The van der Waals surface area contributed by atoms with Gasteiger partial charge in [0.05, 0.1) is 18.4 Å². The van der Waals surface area contributed by atoms with E-state index in [2.05, 4.69) is 20.8 Å². The number of hydrogen-bond donors (Lipinski definition) is 0. The Morgan fingerprint density at radius 1 is 1.35 bits per heavy atom. The predicted octanol–water partition coefficient (Wildman–Crippen LogP) is 4.39. The minimum absolute atomic E-state index is 0.0600. The van der Waals surface area contributed by atoms with Crippen molar-refractivity contribution in [1.82, 2.24) is 4.90 Å². The fraction of sp³-hybridized carbons (Fsp3) is 0.737. The Kier molecular flexibility index (Phi) is 5.90. The summed E-state index contributed by atoms with van der Waals surface area (Å²) in [5, 5.41) is 0. The Morgan fingerprint density at radius 3 is 2.70 bits per heavy atom. The first-order valence-electron chi connectivity index (χ1n) is 8.78. The van der Waals surface area contributed by atoms with Crippen molar-refractivity contribution in [3.63, 3.8) is 0 Å². The largest absolute Gasteiger partial charge is 0.467 e. The molecule has 0 aliphatic carbocycles. The van der Waals surface area contributed by atoms with Gasteiger partial charge in [0, 0.05) is 20.1 Å². The molecule has 0 spiro atoms. The maximum Gasteiger partial charge on any atom is 0.219 e. The van der Waals surface area contributed by atoms with Crippen LogP contribution in [-0.4, -0.2) is 29.6 Å². The quantitative estimate of drug-likeness (QED) is 0.748. The second kappa shape index (κ2) is 7.52. The van der Waals surface area contributed by atoms with Crippen molar-refractivity contribution in [3.8, 4) is 0 Å². The van der Waals surface area contributed by atoms with Crippen LogP contribution in [0.2, 0.25) is 0 Å². The number of hydrogen-bond acceptors (Lipinski definition) is 3. The van der Waals surface area contributed by atoms with Gasteiger partial charge < -0.3 is 14.1 Å². The van der Waals surface area contributed by atoms with Gasteiger partial charge in [0.25, 0.3) is 0 Å². The molecule has 130 valence electrons. The predicted molar refractivity (Wildman–Crippen MR) is 91.0 cm³/mol. The summed E-state index contributed by atoms with van der Waals surface area (Å²) in [6.07, 6.45) is 7.23. The van der Waals surface area contributed by atoms with Gasteiger partial charge in [-0.25, -0.2) is 0 Å². The smallest absolute Gasteiger partial charge is 0.219 e. The highest BCUT2D eigenvalue weighted by Gasteiger charge is 2.40. The van der Waals surface area contributed by atoms with E-state index in [1.165, 1.54) is 12.8 Å². The first-order chi connectivity index (χ1) is 10.9. The Morgan fingerprint density at radius 2 is 2.13 bits per heavy atom. The van der Waals surface area contributed by atoms with Crippen LogP contribution in [-0.2, 0) is 16.1 Å². The van der Waals surface area contributed by atoms with Crippen LogP contribution >= 0.6 is 0 Å². The number of rotatable bonds is 7. The van der Waals surface area contributed by atoms with Crippen molar-refractivity contribution in [2.45, 2.75) is 71.9 Å². The Balaban J connectivity index is 2.02. The van der Waals surface area contributed by atoms with E-state index in [0.29, 0.717) is 6.54 Å². The van der Waals surface area contributed by atoms with E-state index < -0.39 is 0 Å². The fourth-order valence-electron chi connectivity index (χ4n) is 3.98. The molecule has 0 saturated carbocycles. The Labute approximate surface area is 140 Å². The van der Waals surface area contributed by atoms with Crippen molar-refractivity contribution in [1.29, 1.82) is 0 Å². The molecule has 1 amide bonds. The van der Waals surface area contributed by atoms with E-state index in [1.807, 2.05) is 17.0 Å². The molecule has 0 radical (unpaired) electrons. The lowest BCUT2D eigenvalue weighted by Crippen LogP contribution is -2.43. The van der Waals surface area contributed by atoms with Crippen molar-refractivity contribution in [2.24, 2.45) is 5.41 Å². The van der Waals surface area contributed by atoms with Crippen LogP contribution in [0.15, 0.2) is 22.8 Å². The van der Waals surface area contributed by atoms with E-state index in [0.717, 1.165) is 38.2 Å². The molecule has 1 fully saturated rings. The van der Waals surface area contributed by atoms with Gasteiger partial charge in [-0.2, -0.15) is 0 Å². The van der Waals surface area contributed by atoms with Crippen molar-refractivity contribution in [2.75, 3.05) is 13.2 Å². The number of carbonyl (C=O) groups is 1. The van der Waals surface area contributed by atoms with Crippen LogP contribution < -0.4 is 0 Å². The molecule has 1 aliphatic heterocycles. The second-order valence-electron chi connectivity index (χ2n) is 7.55. The maximum atomic E-state index is 12.0. The van der Waals surface area contributed by atoms with Gasteiger partial charge in [0.15, 0.2) is 0 Å². The lowest BCUT2D eigenvalue weighted by Gasteiger charge is -2.46. The third-order valence-corrected chi connectivity index (χ3v) is 4.99. The molecule has 1 aromatic rings. The standard InChI is InChI=1S/C19H31NO3/c1-5-8-19(10-13-23-18(3,4)15-19)9-11-20(16(2)21)14-17-7-6-12-22-17/h6-7,12H,5,8-11,13-15H2,1-4H3/t19-/m0/s1. The molecule has 1 aliphatic rings. The van der Waals surface area contributed by atoms with Gasteiger partial charge in [-0.05, 0) is 57.1 Å². The maximum absolute atomic E-state index is 12.0. The summed E-state index contributed by atoms with van der Waals surface area (Å²) in [5.41, 5.74) is 0.225. The topological polar surface area (TPSA) is 42.7 Å². The molecular weight excluding hydrogens is 290 g/mol.